The SMILES string of the molecule is C=NN(N=C)c1ccc(C)cc1C(=O)N1CCCC(CC(=O)O)C1. The van der Waals surface area contributed by atoms with E-state index >= 15 is 0 Å². The van der Waals surface area contributed by atoms with Gasteiger partial charge < -0.3 is 10.0 Å². The van der Waals surface area contributed by atoms with E-state index in [1.54, 1.807) is 17.0 Å². The minimum absolute atomic E-state index is 0.0142. The monoisotopic (exact) mass is 330 g/mol. The van der Waals surface area contributed by atoms with E-state index in [0.717, 1.165) is 18.4 Å². The van der Waals surface area contributed by atoms with Crippen molar-refractivity contribution < 1.29 is 14.7 Å². The molecule has 0 aliphatic carbocycles. The van der Waals surface area contributed by atoms with E-state index in [9.17, 15) is 9.59 Å². The highest BCUT2D eigenvalue weighted by atomic mass is 16.4. The van der Waals surface area contributed by atoms with Crippen LogP contribution in [0.2, 0.25) is 0 Å². The van der Waals surface area contributed by atoms with Gasteiger partial charge in [-0.3, -0.25) is 9.59 Å². The van der Waals surface area contributed by atoms with Crippen LogP contribution in [0.3, 0.4) is 0 Å². The molecule has 1 aliphatic rings. The van der Waals surface area contributed by atoms with Crippen LogP contribution in [0.5, 0.6) is 0 Å². The number of hydrogen-bond acceptors (Lipinski definition) is 5. The average molecular weight is 330 g/mol. The summed E-state index contributed by atoms with van der Waals surface area (Å²) in [4.78, 5) is 25.6. The van der Waals surface area contributed by atoms with Gasteiger partial charge in [0.05, 0.1) is 11.3 Å². The van der Waals surface area contributed by atoms with E-state index in [4.69, 9.17) is 5.11 Å². The summed E-state index contributed by atoms with van der Waals surface area (Å²) in [6, 6.07) is 5.39. The highest BCUT2D eigenvalue weighted by molar-refractivity contribution is 6.00. The highest BCUT2D eigenvalue weighted by Crippen LogP contribution is 2.27. The summed E-state index contributed by atoms with van der Waals surface area (Å²) in [5.41, 5.74) is 1.91. The van der Waals surface area contributed by atoms with Gasteiger partial charge in [-0.2, -0.15) is 15.3 Å². The Hall–Kier alpha value is -2.70. The first-order valence-electron chi connectivity index (χ1n) is 7.81. The Labute approximate surface area is 141 Å². The molecule has 7 nitrogen and oxygen atoms in total. The fourth-order valence-corrected chi connectivity index (χ4v) is 3.03. The van der Waals surface area contributed by atoms with Crippen LogP contribution in [0.15, 0.2) is 28.4 Å². The minimum atomic E-state index is -0.830. The van der Waals surface area contributed by atoms with E-state index in [1.807, 2.05) is 13.0 Å². The number of aliphatic carboxylic acids is 1. The zero-order valence-electron chi connectivity index (χ0n) is 13.8. The van der Waals surface area contributed by atoms with Crippen molar-refractivity contribution in [1.29, 1.82) is 0 Å². The van der Waals surface area contributed by atoms with Crippen molar-refractivity contribution in [2.75, 3.05) is 18.2 Å². The van der Waals surface area contributed by atoms with Gasteiger partial charge in [0.1, 0.15) is 0 Å². The smallest absolute Gasteiger partial charge is 0.303 e. The summed E-state index contributed by atoms with van der Waals surface area (Å²) >= 11 is 0. The molecule has 1 aromatic carbocycles. The largest absolute Gasteiger partial charge is 0.481 e. The summed E-state index contributed by atoms with van der Waals surface area (Å²) in [5.74, 6) is -0.996. The molecule has 0 bridgehead atoms. The number of carbonyl (C=O) groups excluding carboxylic acids is 1. The van der Waals surface area contributed by atoms with Gasteiger partial charge in [0.15, 0.2) is 0 Å². The third-order valence-corrected chi connectivity index (χ3v) is 4.14. The fourth-order valence-electron chi connectivity index (χ4n) is 3.03. The Bertz CT molecular complexity index is 651. The quantitative estimate of drug-likeness (QED) is 0.641. The molecule has 7 heteroatoms. The van der Waals surface area contributed by atoms with Crippen LogP contribution in [0.25, 0.3) is 0 Å². The summed E-state index contributed by atoms with van der Waals surface area (Å²) in [6.45, 7) is 9.84. The molecule has 1 aromatic rings. The number of anilines is 1. The number of piperidine rings is 1. The van der Waals surface area contributed by atoms with Gasteiger partial charge in [-0.1, -0.05) is 11.6 Å². The molecule has 0 spiro atoms. The first kappa shape index (κ1) is 17.7. The van der Waals surface area contributed by atoms with Crippen molar-refractivity contribution in [3.8, 4) is 0 Å². The van der Waals surface area contributed by atoms with Crippen molar-refractivity contribution >= 4 is 31.0 Å². The van der Waals surface area contributed by atoms with Crippen molar-refractivity contribution in [2.24, 2.45) is 16.1 Å². The van der Waals surface area contributed by atoms with Gasteiger partial charge in [-0.05, 0) is 37.8 Å². The molecule has 2 rings (SSSR count). The number of carbonyl (C=O) groups is 2. The number of likely N-dealkylation sites (tertiary alicyclic amines) is 1. The molecule has 0 radical (unpaired) electrons. The Morgan fingerprint density at radius 3 is 2.71 bits per heavy atom. The molecule has 0 aromatic heterocycles. The molecular weight excluding hydrogens is 308 g/mol. The number of benzene rings is 1. The second-order valence-electron chi connectivity index (χ2n) is 5.95. The topological polar surface area (TPSA) is 85.6 Å². The molecule has 1 unspecified atom stereocenters. The van der Waals surface area contributed by atoms with Crippen LogP contribution in [0.1, 0.15) is 35.2 Å². The van der Waals surface area contributed by atoms with Gasteiger partial charge in [0.2, 0.25) is 0 Å². The van der Waals surface area contributed by atoms with Crippen LogP contribution in [-0.4, -0.2) is 48.4 Å². The average Bonchev–Trinajstić information content (AvgIpc) is 2.56. The first-order valence-corrected chi connectivity index (χ1v) is 7.81. The van der Waals surface area contributed by atoms with Gasteiger partial charge in [-0.25, -0.2) is 0 Å². The summed E-state index contributed by atoms with van der Waals surface area (Å²) in [6.07, 6.45) is 1.71. The van der Waals surface area contributed by atoms with Gasteiger partial charge in [0, 0.05) is 32.9 Å². The standard InChI is InChI=1S/C17H22N4O3/c1-12-6-7-15(21(18-2)19-3)14(9-12)17(24)20-8-4-5-13(11-20)10-16(22)23/h6-7,9,13H,2-5,8,10-11H2,1H3,(H,22,23). The normalized spacial score (nSPS) is 17.2. The molecule has 1 heterocycles. The number of carboxylic acids is 1. The second kappa shape index (κ2) is 7.72. The van der Waals surface area contributed by atoms with Crippen molar-refractivity contribution in [3.05, 3.63) is 29.3 Å². The molecule has 1 atom stereocenters. The first-order chi connectivity index (χ1) is 11.5. The third kappa shape index (κ3) is 3.98. The lowest BCUT2D eigenvalue weighted by Crippen LogP contribution is -2.40. The molecule has 1 amide bonds. The van der Waals surface area contributed by atoms with Gasteiger partial charge >= 0.3 is 5.97 Å². The van der Waals surface area contributed by atoms with Crippen molar-refractivity contribution in [3.63, 3.8) is 0 Å². The van der Waals surface area contributed by atoms with Crippen molar-refractivity contribution in [2.45, 2.75) is 26.2 Å². The van der Waals surface area contributed by atoms with E-state index in [-0.39, 0.29) is 18.2 Å². The predicted molar refractivity (Wildman–Crippen MR) is 93.6 cm³/mol. The van der Waals surface area contributed by atoms with Gasteiger partial charge in [-0.15, -0.1) is 0 Å². The summed E-state index contributed by atoms with van der Waals surface area (Å²) in [7, 11) is 0. The minimum Gasteiger partial charge on any atom is -0.481 e. The Morgan fingerprint density at radius 2 is 2.08 bits per heavy atom. The molecule has 24 heavy (non-hydrogen) atoms. The maximum Gasteiger partial charge on any atom is 0.303 e. The van der Waals surface area contributed by atoms with Crippen LogP contribution in [0.4, 0.5) is 5.69 Å². The summed E-state index contributed by atoms with van der Waals surface area (Å²) < 4.78 is 0. The van der Waals surface area contributed by atoms with E-state index in [2.05, 4.69) is 23.6 Å². The molecule has 1 aliphatic heterocycles. The molecular formula is C17H22N4O3. The summed E-state index contributed by atoms with van der Waals surface area (Å²) in [5, 5.41) is 17.7. The maximum absolute atomic E-state index is 13.0. The van der Waals surface area contributed by atoms with Crippen LogP contribution in [0, 0.1) is 12.8 Å². The number of hydrogen-bond donors (Lipinski definition) is 1. The lowest BCUT2D eigenvalue weighted by atomic mass is 9.94. The second-order valence-corrected chi connectivity index (χ2v) is 5.95. The van der Waals surface area contributed by atoms with Gasteiger partial charge in [0.25, 0.3) is 5.91 Å². The highest BCUT2D eigenvalue weighted by Gasteiger charge is 2.28. The molecule has 0 saturated carbocycles. The lowest BCUT2D eigenvalue weighted by Gasteiger charge is -2.33. The van der Waals surface area contributed by atoms with Crippen LogP contribution < -0.4 is 5.12 Å². The number of aryl methyl sites for hydroxylation is 1. The number of nitrogens with zero attached hydrogens (tertiary/aromatic N) is 4. The van der Waals surface area contributed by atoms with Crippen LogP contribution in [-0.2, 0) is 4.79 Å². The maximum atomic E-state index is 13.0. The predicted octanol–water partition coefficient (Wildman–Crippen LogP) is 2.36. The third-order valence-electron chi connectivity index (χ3n) is 4.14. The zero-order valence-corrected chi connectivity index (χ0v) is 13.8. The van der Waals surface area contributed by atoms with Crippen molar-refractivity contribution in [1.82, 2.24) is 4.90 Å². The number of amides is 1. The number of carboxylic acid groups (broad SMARTS) is 1. The Morgan fingerprint density at radius 1 is 1.38 bits per heavy atom. The molecule has 1 N–H and O–H groups in total. The van der Waals surface area contributed by atoms with E-state index in [1.165, 1.54) is 5.12 Å². The number of hydrazone groups is 2. The molecule has 1 saturated heterocycles. The Kier molecular flexibility index (Phi) is 5.68. The zero-order chi connectivity index (χ0) is 17.7. The Balaban J connectivity index is 2.28. The van der Waals surface area contributed by atoms with E-state index < -0.39 is 5.97 Å². The van der Waals surface area contributed by atoms with Crippen LogP contribution >= 0.6 is 0 Å². The number of rotatable bonds is 6. The molecule has 128 valence electrons. The molecule has 1 fully saturated rings. The lowest BCUT2D eigenvalue weighted by molar-refractivity contribution is -0.138. The van der Waals surface area contributed by atoms with E-state index in [0.29, 0.717) is 24.3 Å². The fraction of sp³-hybridized carbons (Fsp3) is 0.412.